The highest BCUT2D eigenvalue weighted by atomic mass is 16.6. The van der Waals surface area contributed by atoms with Gasteiger partial charge in [0.25, 0.3) is 0 Å². The van der Waals surface area contributed by atoms with E-state index < -0.39 is 18.1 Å². The van der Waals surface area contributed by atoms with Gasteiger partial charge in [0.15, 0.2) is 12.1 Å². The van der Waals surface area contributed by atoms with Crippen molar-refractivity contribution in [2.24, 2.45) is 0 Å². The Hall–Kier alpha value is -2.19. The average molecular weight is 891 g/mol. The molecule has 0 bridgehead atoms. The van der Waals surface area contributed by atoms with Gasteiger partial charge < -0.3 is 23.8 Å². The first kappa shape index (κ1) is 60.8. The third kappa shape index (κ3) is 44.8. The van der Waals surface area contributed by atoms with E-state index in [4.69, 9.17) is 14.2 Å². The van der Waals surface area contributed by atoms with Crippen LogP contribution in [-0.4, -0.2) is 80.6 Å². The molecule has 0 aliphatic heterocycles. The van der Waals surface area contributed by atoms with Gasteiger partial charge >= 0.3 is 17.9 Å². The number of allylic oxidation sites excluding steroid dienone is 4. The summed E-state index contributed by atoms with van der Waals surface area (Å²) in [5, 5.41) is 9.66. The summed E-state index contributed by atoms with van der Waals surface area (Å²) in [5.74, 6) is -1.46. The molecule has 0 rings (SSSR count). The van der Waals surface area contributed by atoms with Gasteiger partial charge in [-0.3, -0.25) is 9.59 Å². The minimum Gasteiger partial charge on any atom is -0.477 e. The second-order valence-electron chi connectivity index (χ2n) is 19.5. The zero-order valence-corrected chi connectivity index (χ0v) is 42.3. The highest BCUT2D eigenvalue weighted by molar-refractivity contribution is 5.72. The SMILES string of the molecule is CCCCCCCCC/C=C\CCCCCCCCCC(=O)OCC(COCCC(C(=O)O)[N+](C)(C)C)OC(=O)CCCCCCCCCCC/C=C\CCCCCCCCCC. The maximum absolute atomic E-state index is 12.8. The molecule has 0 aromatic carbocycles. The number of carbonyl (C=O) groups is 3. The molecule has 8 nitrogen and oxygen atoms in total. The number of unbranched alkanes of at least 4 members (excludes halogenated alkanes) is 31. The summed E-state index contributed by atoms with van der Waals surface area (Å²) in [5.41, 5.74) is 0. The normalized spacial score (nSPS) is 13.0. The van der Waals surface area contributed by atoms with E-state index in [-0.39, 0.29) is 36.2 Å². The van der Waals surface area contributed by atoms with E-state index >= 15 is 0 Å². The average Bonchev–Trinajstić information content (AvgIpc) is 3.24. The van der Waals surface area contributed by atoms with Gasteiger partial charge in [-0.1, -0.05) is 199 Å². The summed E-state index contributed by atoms with van der Waals surface area (Å²) >= 11 is 0. The summed E-state index contributed by atoms with van der Waals surface area (Å²) in [6.45, 7) is 4.77. The highest BCUT2D eigenvalue weighted by Gasteiger charge is 2.31. The smallest absolute Gasteiger partial charge is 0.362 e. The van der Waals surface area contributed by atoms with Crippen molar-refractivity contribution in [1.29, 1.82) is 0 Å². The Balaban J connectivity index is 4.21. The van der Waals surface area contributed by atoms with Crippen molar-refractivity contribution in [2.45, 2.75) is 270 Å². The van der Waals surface area contributed by atoms with Gasteiger partial charge in [0, 0.05) is 19.3 Å². The molecule has 0 aromatic heterocycles. The van der Waals surface area contributed by atoms with Crippen molar-refractivity contribution in [3.05, 3.63) is 24.3 Å². The summed E-state index contributed by atoms with van der Waals surface area (Å²) < 4.78 is 17.4. The van der Waals surface area contributed by atoms with Crippen molar-refractivity contribution in [3.63, 3.8) is 0 Å². The number of carboxylic acids is 1. The Morgan fingerprint density at radius 3 is 1.14 bits per heavy atom. The Morgan fingerprint density at radius 1 is 0.460 bits per heavy atom. The number of nitrogens with zero attached hydrogens (tertiary/aromatic N) is 1. The number of ether oxygens (including phenoxy) is 3. The number of aliphatic carboxylic acids is 1. The van der Waals surface area contributed by atoms with Crippen LogP contribution in [0, 0.1) is 0 Å². The van der Waals surface area contributed by atoms with Crippen LogP contribution in [-0.2, 0) is 28.6 Å². The van der Waals surface area contributed by atoms with Crippen LogP contribution < -0.4 is 0 Å². The second-order valence-corrected chi connectivity index (χ2v) is 19.5. The zero-order chi connectivity index (χ0) is 46.3. The van der Waals surface area contributed by atoms with Gasteiger partial charge in [-0.25, -0.2) is 4.79 Å². The minimum atomic E-state index is -0.872. The van der Waals surface area contributed by atoms with Gasteiger partial charge in [-0.05, 0) is 64.2 Å². The van der Waals surface area contributed by atoms with Crippen molar-refractivity contribution in [1.82, 2.24) is 0 Å². The number of esters is 2. The third-order valence-corrected chi connectivity index (χ3v) is 12.3. The van der Waals surface area contributed by atoms with Crippen molar-refractivity contribution in [2.75, 3.05) is 41.0 Å². The lowest BCUT2D eigenvalue weighted by Crippen LogP contribution is -2.50. The molecular formula is C55H104NO7+. The van der Waals surface area contributed by atoms with Crippen LogP contribution in [0.1, 0.15) is 258 Å². The Labute approximate surface area is 390 Å². The number of hydrogen-bond acceptors (Lipinski definition) is 6. The number of rotatable bonds is 49. The van der Waals surface area contributed by atoms with Crippen molar-refractivity contribution in [3.8, 4) is 0 Å². The number of carbonyl (C=O) groups excluding carboxylic acids is 2. The standard InChI is InChI=1S/C55H103NO7/c1-6-8-10-12-14-16-18-20-22-24-26-27-28-30-32-34-36-38-40-42-44-46-54(58)63-51(49-61-48-47-52(55(59)60)56(3,4)5)50-62-53(57)45-43-41-39-37-35-33-31-29-25-23-21-19-17-15-13-11-9-7-2/h23-26,51-52H,6-22,27-50H2,1-5H3/p+1/b25-23-,26-24-. The maximum Gasteiger partial charge on any atom is 0.362 e. The number of hydrogen-bond donors (Lipinski definition) is 1. The van der Waals surface area contributed by atoms with E-state index in [1.807, 2.05) is 21.1 Å². The van der Waals surface area contributed by atoms with Crippen LogP contribution in [0.2, 0.25) is 0 Å². The van der Waals surface area contributed by atoms with Crippen LogP contribution in [0.15, 0.2) is 24.3 Å². The van der Waals surface area contributed by atoms with E-state index in [9.17, 15) is 19.5 Å². The Kier molecular flexibility index (Phi) is 44.7. The van der Waals surface area contributed by atoms with Gasteiger partial charge in [0.2, 0.25) is 0 Å². The lowest BCUT2D eigenvalue weighted by Gasteiger charge is -2.31. The second kappa shape index (κ2) is 46.3. The predicted molar refractivity (Wildman–Crippen MR) is 266 cm³/mol. The minimum absolute atomic E-state index is 0.0502. The zero-order valence-electron chi connectivity index (χ0n) is 42.3. The number of quaternary nitrogens is 1. The van der Waals surface area contributed by atoms with Crippen molar-refractivity contribution < 1.29 is 38.2 Å². The lowest BCUT2D eigenvalue weighted by atomic mass is 10.1. The first-order chi connectivity index (χ1) is 30.6. The van der Waals surface area contributed by atoms with E-state index in [2.05, 4.69) is 38.2 Å². The summed E-state index contributed by atoms with van der Waals surface area (Å²) in [6, 6.07) is -0.614. The van der Waals surface area contributed by atoms with E-state index in [0.717, 1.165) is 38.5 Å². The number of likely N-dealkylation sites (N-methyl/N-ethyl adjacent to an activating group) is 1. The van der Waals surface area contributed by atoms with Crippen LogP contribution in [0.25, 0.3) is 0 Å². The predicted octanol–water partition coefficient (Wildman–Crippen LogP) is 15.6. The molecule has 0 saturated heterocycles. The summed E-state index contributed by atoms with van der Waals surface area (Å²) in [4.78, 5) is 37.2. The lowest BCUT2D eigenvalue weighted by molar-refractivity contribution is -0.887. The third-order valence-electron chi connectivity index (χ3n) is 12.3. The molecule has 0 spiro atoms. The van der Waals surface area contributed by atoms with Gasteiger partial charge in [0.1, 0.15) is 6.61 Å². The van der Waals surface area contributed by atoms with Gasteiger partial charge in [-0.15, -0.1) is 0 Å². The van der Waals surface area contributed by atoms with E-state index in [0.29, 0.717) is 19.3 Å². The number of carboxylic acid groups (broad SMARTS) is 1. The molecule has 63 heavy (non-hydrogen) atoms. The van der Waals surface area contributed by atoms with Crippen LogP contribution in [0.3, 0.4) is 0 Å². The van der Waals surface area contributed by atoms with E-state index in [1.165, 1.54) is 186 Å². The van der Waals surface area contributed by atoms with E-state index in [1.54, 1.807) is 0 Å². The highest BCUT2D eigenvalue weighted by Crippen LogP contribution is 2.16. The molecule has 0 saturated carbocycles. The molecule has 0 radical (unpaired) electrons. The maximum atomic E-state index is 12.8. The summed E-state index contributed by atoms with van der Waals surface area (Å²) in [6.07, 6.45) is 53.7. The molecule has 0 aliphatic carbocycles. The van der Waals surface area contributed by atoms with Gasteiger partial charge in [0.05, 0.1) is 34.4 Å². The largest absolute Gasteiger partial charge is 0.477 e. The fourth-order valence-corrected chi connectivity index (χ4v) is 8.14. The molecule has 1 N–H and O–H groups in total. The molecule has 370 valence electrons. The molecule has 0 amide bonds. The molecule has 0 fully saturated rings. The fourth-order valence-electron chi connectivity index (χ4n) is 8.14. The summed E-state index contributed by atoms with van der Waals surface area (Å²) in [7, 11) is 5.54. The molecule has 8 heteroatoms. The quantitative estimate of drug-likeness (QED) is 0.0281. The fraction of sp³-hybridized carbons (Fsp3) is 0.873. The first-order valence-electron chi connectivity index (χ1n) is 26.9. The molecule has 0 aliphatic rings. The van der Waals surface area contributed by atoms with Crippen LogP contribution in [0.5, 0.6) is 0 Å². The molecule has 2 unspecified atom stereocenters. The molecule has 2 atom stereocenters. The topological polar surface area (TPSA) is 99.1 Å². The molecule has 0 aromatic rings. The first-order valence-corrected chi connectivity index (χ1v) is 26.9. The Bertz CT molecular complexity index is 1080. The van der Waals surface area contributed by atoms with Crippen LogP contribution in [0.4, 0.5) is 0 Å². The van der Waals surface area contributed by atoms with Crippen LogP contribution >= 0.6 is 0 Å². The molecular weight excluding hydrogens is 787 g/mol. The Morgan fingerprint density at radius 2 is 0.794 bits per heavy atom. The van der Waals surface area contributed by atoms with Gasteiger partial charge in [-0.2, -0.15) is 0 Å². The molecule has 0 heterocycles. The van der Waals surface area contributed by atoms with Crippen molar-refractivity contribution >= 4 is 17.9 Å². The monoisotopic (exact) mass is 891 g/mol.